The first-order valence-electron chi connectivity index (χ1n) is 19.6. The lowest BCUT2D eigenvalue weighted by molar-refractivity contribution is 1.34. The van der Waals surface area contributed by atoms with Crippen molar-refractivity contribution >= 4 is 112 Å². The molecule has 0 unspecified atom stereocenters. The third-order valence-electron chi connectivity index (χ3n) is 11.5. The lowest BCUT2D eigenvalue weighted by atomic mass is 9.95. The largest absolute Gasteiger partial charge is 0.307 e. The number of nitrogens with zero attached hydrogens (tertiary/aromatic N) is 1. The summed E-state index contributed by atoms with van der Waals surface area (Å²) in [6.07, 6.45) is 0. The van der Waals surface area contributed by atoms with Gasteiger partial charge in [-0.25, -0.2) is 0 Å². The van der Waals surface area contributed by atoms with E-state index in [1.807, 2.05) is 34.0 Å². The molecule has 0 saturated carbocycles. The maximum absolute atomic E-state index is 2.64. The maximum Gasteiger partial charge on any atom is 0.0641 e. The van der Waals surface area contributed by atoms with Gasteiger partial charge in [0.15, 0.2) is 0 Å². The molecule has 0 saturated heterocycles. The fourth-order valence-corrected chi connectivity index (χ4v) is 12.6. The number of fused-ring (bicyclic) bond motifs is 9. The number of rotatable bonds is 6. The first-order chi connectivity index (χ1) is 28.8. The fraction of sp³-hybridized carbons (Fsp3) is 0. The lowest BCUT2D eigenvalue weighted by Gasteiger charge is -2.30. The zero-order valence-corrected chi connectivity index (χ0v) is 33.7. The summed E-state index contributed by atoms with van der Waals surface area (Å²) in [5.74, 6) is 0. The Balaban J connectivity index is 1.28. The molecule has 4 heteroatoms. The van der Waals surface area contributed by atoms with Gasteiger partial charge in [-0.2, -0.15) is 0 Å². The van der Waals surface area contributed by atoms with Crippen LogP contribution in [0.4, 0.5) is 17.1 Å². The molecule has 1 nitrogen and oxygen atoms in total. The average Bonchev–Trinajstić information content (AvgIpc) is 4.00. The molecule has 0 radical (unpaired) electrons. The molecule has 0 bridgehead atoms. The zero-order valence-electron chi connectivity index (χ0n) is 31.2. The number of hydrogen-bond donors (Lipinski definition) is 0. The Kier molecular flexibility index (Phi) is 7.83. The summed E-state index contributed by atoms with van der Waals surface area (Å²) in [6, 6.07) is 73.8. The van der Waals surface area contributed by atoms with E-state index in [1.54, 1.807) is 0 Å². The van der Waals surface area contributed by atoms with Crippen molar-refractivity contribution in [2.75, 3.05) is 4.90 Å². The van der Waals surface area contributed by atoms with Gasteiger partial charge in [-0.1, -0.05) is 170 Å². The van der Waals surface area contributed by atoms with E-state index in [0.29, 0.717) is 0 Å². The van der Waals surface area contributed by atoms with Crippen LogP contribution in [0.3, 0.4) is 0 Å². The molecule has 0 spiro atoms. The molecule has 0 aliphatic heterocycles. The summed E-state index contributed by atoms with van der Waals surface area (Å²) in [5.41, 5.74) is 11.0. The van der Waals surface area contributed by atoms with Gasteiger partial charge in [0.25, 0.3) is 0 Å². The summed E-state index contributed by atoms with van der Waals surface area (Å²) in [5, 5.41) is 7.68. The molecule has 0 N–H and O–H groups in total. The molecule has 272 valence electrons. The molecule has 12 rings (SSSR count). The van der Waals surface area contributed by atoms with Crippen LogP contribution in [0.5, 0.6) is 0 Å². The Morgan fingerprint density at radius 1 is 0.276 bits per heavy atom. The molecule has 0 aliphatic carbocycles. The van der Waals surface area contributed by atoms with Crippen LogP contribution in [0, 0.1) is 0 Å². The van der Waals surface area contributed by atoms with E-state index in [0.717, 1.165) is 0 Å². The van der Waals surface area contributed by atoms with Crippen LogP contribution < -0.4 is 4.90 Å². The second-order valence-electron chi connectivity index (χ2n) is 14.7. The molecule has 0 aliphatic rings. The van der Waals surface area contributed by atoms with Gasteiger partial charge in [0.1, 0.15) is 0 Å². The molecule has 9 aromatic carbocycles. The smallest absolute Gasteiger partial charge is 0.0641 e. The fourth-order valence-electron chi connectivity index (χ4n) is 8.92. The Morgan fingerprint density at radius 3 is 1.52 bits per heavy atom. The molecule has 0 amide bonds. The SMILES string of the molecule is c1ccc(-c2ccc3sc4c(-c5ccccc5)cccc4c3c2N(c2cccc3c2sc2ccccc23)c2ccc(-c3ccccc3)c3sc4ccccc4c23)cc1. The highest BCUT2D eigenvalue weighted by molar-refractivity contribution is 7.27. The summed E-state index contributed by atoms with van der Waals surface area (Å²) in [4.78, 5) is 2.64. The monoisotopic (exact) mass is 791 g/mol. The second kappa shape index (κ2) is 13.5. The van der Waals surface area contributed by atoms with E-state index in [2.05, 4.69) is 205 Å². The Hall–Kier alpha value is -6.56. The van der Waals surface area contributed by atoms with Crippen LogP contribution in [0.15, 0.2) is 200 Å². The Morgan fingerprint density at radius 2 is 0.793 bits per heavy atom. The van der Waals surface area contributed by atoms with E-state index in [-0.39, 0.29) is 0 Å². The lowest BCUT2D eigenvalue weighted by Crippen LogP contribution is -2.12. The van der Waals surface area contributed by atoms with Gasteiger partial charge in [-0.05, 0) is 58.1 Å². The van der Waals surface area contributed by atoms with Crippen molar-refractivity contribution in [1.82, 2.24) is 0 Å². The summed E-state index contributed by atoms with van der Waals surface area (Å²) >= 11 is 5.69. The molecular formula is C54H33NS3. The van der Waals surface area contributed by atoms with Gasteiger partial charge in [-0.15, -0.1) is 34.0 Å². The van der Waals surface area contributed by atoms with Crippen LogP contribution in [-0.4, -0.2) is 0 Å². The quantitative estimate of drug-likeness (QED) is 0.162. The minimum Gasteiger partial charge on any atom is -0.307 e. The van der Waals surface area contributed by atoms with Crippen molar-refractivity contribution in [1.29, 1.82) is 0 Å². The summed E-state index contributed by atoms with van der Waals surface area (Å²) in [7, 11) is 0. The predicted molar refractivity (Wildman–Crippen MR) is 256 cm³/mol. The van der Waals surface area contributed by atoms with E-state index >= 15 is 0 Å². The number of hydrogen-bond acceptors (Lipinski definition) is 4. The predicted octanol–water partition coefficient (Wildman–Crippen LogP) is 17.3. The van der Waals surface area contributed by atoms with Crippen LogP contribution in [0.25, 0.3) is 93.9 Å². The van der Waals surface area contributed by atoms with Crippen molar-refractivity contribution in [3.05, 3.63) is 200 Å². The molecule has 3 heterocycles. The second-order valence-corrected chi connectivity index (χ2v) is 17.9. The molecule has 58 heavy (non-hydrogen) atoms. The number of anilines is 3. The van der Waals surface area contributed by atoms with Gasteiger partial charge in [-0.3, -0.25) is 0 Å². The van der Waals surface area contributed by atoms with Crippen LogP contribution in [-0.2, 0) is 0 Å². The van der Waals surface area contributed by atoms with E-state index in [4.69, 9.17) is 0 Å². The van der Waals surface area contributed by atoms with Gasteiger partial charge in [0.05, 0.1) is 21.8 Å². The minimum atomic E-state index is 1.18. The summed E-state index contributed by atoms with van der Waals surface area (Å²) < 4.78 is 7.75. The van der Waals surface area contributed by atoms with Gasteiger partial charge in [0.2, 0.25) is 0 Å². The molecular weight excluding hydrogens is 759 g/mol. The highest BCUT2D eigenvalue weighted by Crippen LogP contribution is 2.56. The molecule has 0 fully saturated rings. The highest BCUT2D eigenvalue weighted by Gasteiger charge is 2.28. The van der Waals surface area contributed by atoms with E-state index < -0.39 is 0 Å². The average molecular weight is 792 g/mol. The van der Waals surface area contributed by atoms with Crippen molar-refractivity contribution in [2.24, 2.45) is 0 Å². The zero-order chi connectivity index (χ0) is 38.2. The van der Waals surface area contributed by atoms with Gasteiger partial charge >= 0.3 is 0 Å². The van der Waals surface area contributed by atoms with Crippen molar-refractivity contribution in [2.45, 2.75) is 0 Å². The standard InChI is InChI=1S/C54H33NS3/c1-4-16-34(17-5-1)37-31-33-48-50(43-26-14-24-38(52(43)58-48)35-18-6-2-7-19-35)51(37)55(45-27-15-25-41-40-22-10-12-28-46(40)56-53(41)45)44-32-30-39(36-20-8-3-9-21-36)54-49(44)42-23-11-13-29-47(42)57-54/h1-33H. The van der Waals surface area contributed by atoms with Crippen molar-refractivity contribution < 1.29 is 0 Å². The minimum absolute atomic E-state index is 1.18. The van der Waals surface area contributed by atoms with Crippen LogP contribution in [0.2, 0.25) is 0 Å². The highest BCUT2D eigenvalue weighted by atomic mass is 32.1. The number of thiophene rings is 3. The van der Waals surface area contributed by atoms with Crippen molar-refractivity contribution in [3.63, 3.8) is 0 Å². The van der Waals surface area contributed by atoms with Crippen molar-refractivity contribution in [3.8, 4) is 33.4 Å². The normalized spacial score (nSPS) is 11.8. The maximum atomic E-state index is 2.64. The Bertz CT molecular complexity index is 3500. The van der Waals surface area contributed by atoms with Gasteiger partial charge in [0, 0.05) is 61.4 Å². The summed E-state index contributed by atoms with van der Waals surface area (Å²) in [6.45, 7) is 0. The van der Waals surface area contributed by atoms with E-state index in [1.165, 1.54) is 111 Å². The molecule has 0 atom stereocenters. The Labute approximate surface area is 347 Å². The van der Waals surface area contributed by atoms with Crippen LogP contribution >= 0.6 is 34.0 Å². The van der Waals surface area contributed by atoms with E-state index in [9.17, 15) is 0 Å². The van der Waals surface area contributed by atoms with Gasteiger partial charge < -0.3 is 4.90 Å². The van der Waals surface area contributed by atoms with Crippen LogP contribution in [0.1, 0.15) is 0 Å². The molecule has 3 aromatic heterocycles. The number of benzene rings is 9. The first-order valence-corrected chi connectivity index (χ1v) is 22.0. The topological polar surface area (TPSA) is 3.24 Å². The third-order valence-corrected chi connectivity index (χ3v) is 15.1. The first kappa shape index (κ1) is 33.6. The molecule has 12 aromatic rings. The third kappa shape index (κ3) is 5.19.